The SMILES string of the molecule is CNC(=O)c1cn(Cc2ccc(OC)cc2)nc1OC. The third-order valence-corrected chi connectivity index (χ3v) is 2.90. The molecule has 1 N–H and O–H groups in total. The van der Waals surface area contributed by atoms with Crippen LogP contribution in [0.3, 0.4) is 0 Å². The van der Waals surface area contributed by atoms with Gasteiger partial charge in [0, 0.05) is 13.2 Å². The van der Waals surface area contributed by atoms with Crippen LogP contribution >= 0.6 is 0 Å². The average molecular weight is 275 g/mol. The molecule has 0 spiro atoms. The Morgan fingerprint density at radius 1 is 1.25 bits per heavy atom. The maximum absolute atomic E-state index is 11.7. The molecule has 1 aromatic carbocycles. The van der Waals surface area contributed by atoms with Gasteiger partial charge in [-0.05, 0) is 17.7 Å². The van der Waals surface area contributed by atoms with Crippen LogP contribution in [0.5, 0.6) is 11.6 Å². The number of benzene rings is 1. The quantitative estimate of drug-likeness (QED) is 0.893. The second-order valence-corrected chi connectivity index (χ2v) is 4.18. The lowest BCUT2D eigenvalue weighted by atomic mass is 10.2. The van der Waals surface area contributed by atoms with E-state index < -0.39 is 0 Å². The molecule has 1 aromatic heterocycles. The molecule has 0 atom stereocenters. The van der Waals surface area contributed by atoms with Crippen LogP contribution in [0.15, 0.2) is 30.5 Å². The predicted molar refractivity (Wildman–Crippen MR) is 74.3 cm³/mol. The van der Waals surface area contributed by atoms with Crippen molar-refractivity contribution in [2.24, 2.45) is 0 Å². The Hall–Kier alpha value is -2.50. The Labute approximate surface area is 117 Å². The minimum absolute atomic E-state index is 0.220. The molecule has 0 aliphatic carbocycles. The van der Waals surface area contributed by atoms with Crippen molar-refractivity contribution in [3.63, 3.8) is 0 Å². The largest absolute Gasteiger partial charge is 0.497 e. The number of methoxy groups -OCH3 is 2. The number of rotatable bonds is 5. The first-order chi connectivity index (χ1) is 9.67. The highest BCUT2D eigenvalue weighted by Crippen LogP contribution is 2.17. The van der Waals surface area contributed by atoms with Gasteiger partial charge in [0.15, 0.2) is 0 Å². The molecule has 2 aromatic rings. The molecule has 1 amide bonds. The van der Waals surface area contributed by atoms with Gasteiger partial charge in [-0.25, -0.2) is 0 Å². The van der Waals surface area contributed by atoms with Gasteiger partial charge < -0.3 is 14.8 Å². The molecule has 2 rings (SSSR count). The first-order valence-electron chi connectivity index (χ1n) is 6.14. The van der Waals surface area contributed by atoms with Crippen molar-refractivity contribution in [1.82, 2.24) is 15.1 Å². The lowest BCUT2D eigenvalue weighted by Crippen LogP contribution is -2.17. The summed E-state index contributed by atoms with van der Waals surface area (Å²) in [5.74, 6) is 0.901. The molecular formula is C14H17N3O3. The molecule has 0 saturated heterocycles. The Kier molecular flexibility index (Phi) is 4.24. The molecule has 106 valence electrons. The van der Waals surface area contributed by atoms with Crippen molar-refractivity contribution >= 4 is 5.91 Å². The van der Waals surface area contributed by atoms with Crippen LogP contribution < -0.4 is 14.8 Å². The van der Waals surface area contributed by atoms with Crippen LogP contribution in [0.2, 0.25) is 0 Å². The maximum Gasteiger partial charge on any atom is 0.258 e. The van der Waals surface area contributed by atoms with Crippen molar-refractivity contribution in [2.45, 2.75) is 6.54 Å². The van der Waals surface area contributed by atoms with E-state index in [-0.39, 0.29) is 5.91 Å². The van der Waals surface area contributed by atoms with E-state index in [1.165, 1.54) is 7.11 Å². The van der Waals surface area contributed by atoms with Crippen molar-refractivity contribution in [3.8, 4) is 11.6 Å². The molecule has 1 heterocycles. The van der Waals surface area contributed by atoms with Gasteiger partial charge in [0.05, 0.1) is 20.8 Å². The molecule has 0 bridgehead atoms. The van der Waals surface area contributed by atoms with Gasteiger partial charge in [0.25, 0.3) is 5.91 Å². The van der Waals surface area contributed by atoms with E-state index in [9.17, 15) is 4.79 Å². The molecule has 0 aliphatic heterocycles. The number of carbonyl (C=O) groups is 1. The average Bonchev–Trinajstić information content (AvgIpc) is 2.90. The van der Waals surface area contributed by atoms with Gasteiger partial charge >= 0.3 is 0 Å². The van der Waals surface area contributed by atoms with E-state index in [1.807, 2.05) is 24.3 Å². The topological polar surface area (TPSA) is 65.4 Å². The summed E-state index contributed by atoms with van der Waals surface area (Å²) in [5.41, 5.74) is 1.47. The lowest BCUT2D eigenvalue weighted by Gasteiger charge is -2.03. The second kappa shape index (κ2) is 6.10. The Balaban J connectivity index is 2.20. The smallest absolute Gasteiger partial charge is 0.258 e. The van der Waals surface area contributed by atoms with Gasteiger partial charge in [-0.1, -0.05) is 12.1 Å². The Bertz CT molecular complexity index is 590. The van der Waals surface area contributed by atoms with E-state index in [2.05, 4.69) is 10.4 Å². The molecule has 0 unspecified atom stereocenters. The Morgan fingerprint density at radius 2 is 1.95 bits per heavy atom. The van der Waals surface area contributed by atoms with Crippen LogP contribution in [0, 0.1) is 0 Å². The highest BCUT2D eigenvalue weighted by atomic mass is 16.5. The fourth-order valence-electron chi connectivity index (χ4n) is 1.84. The molecule has 0 aliphatic rings. The fraction of sp³-hybridized carbons (Fsp3) is 0.286. The number of carbonyl (C=O) groups excluding carboxylic acids is 1. The second-order valence-electron chi connectivity index (χ2n) is 4.18. The highest BCUT2D eigenvalue weighted by Gasteiger charge is 2.15. The zero-order valence-corrected chi connectivity index (χ0v) is 11.7. The first kappa shape index (κ1) is 13.9. The summed E-state index contributed by atoms with van der Waals surface area (Å²) in [4.78, 5) is 11.7. The number of hydrogen-bond acceptors (Lipinski definition) is 4. The van der Waals surface area contributed by atoms with Crippen LogP contribution in [-0.2, 0) is 6.54 Å². The zero-order valence-electron chi connectivity index (χ0n) is 11.7. The third-order valence-electron chi connectivity index (χ3n) is 2.90. The van der Waals surface area contributed by atoms with E-state index in [1.54, 1.807) is 25.0 Å². The summed E-state index contributed by atoms with van der Waals surface area (Å²) < 4.78 is 11.9. The Morgan fingerprint density at radius 3 is 2.50 bits per heavy atom. The number of aromatic nitrogens is 2. The fourth-order valence-corrected chi connectivity index (χ4v) is 1.84. The minimum atomic E-state index is -0.220. The highest BCUT2D eigenvalue weighted by molar-refractivity contribution is 5.95. The third kappa shape index (κ3) is 2.90. The van der Waals surface area contributed by atoms with Crippen molar-refractivity contribution < 1.29 is 14.3 Å². The van der Waals surface area contributed by atoms with Gasteiger partial charge in [0.1, 0.15) is 11.3 Å². The van der Waals surface area contributed by atoms with Gasteiger partial charge in [0.2, 0.25) is 5.88 Å². The van der Waals surface area contributed by atoms with Crippen LogP contribution in [0.4, 0.5) is 0 Å². The van der Waals surface area contributed by atoms with Gasteiger partial charge in [-0.3, -0.25) is 9.48 Å². The van der Waals surface area contributed by atoms with E-state index in [4.69, 9.17) is 9.47 Å². The molecule has 0 fully saturated rings. The maximum atomic E-state index is 11.7. The summed E-state index contributed by atoms with van der Waals surface area (Å²) in [6.45, 7) is 0.553. The molecule has 6 heteroatoms. The number of nitrogens with one attached hydrogen (secondary N) is 1. The van der Waals surface area contributed by atoms with Crippen molar-refractivity contribution in [2.75, 3.05) is 21.3 Å². The van der Waals surface area contributed by atoms with Crippen molar-refractivity contribution in [1.29, 1.82) is 0 Å². The van der Waals surface area contributed by atoms with E-state index in [0.29, 0.717) is 18.0 Å². The van der Waals surface area contributed by atoms with E-state index >= 15 is 0 Å². The van der Waals surface area contributed by atoms with E-state index in [0.717, 1.165) is 11.3 Å². The summed E-state index contributed by atoms with van der Waals surface area (Å²) in [5, 5.41) is 6.80. The molecule has 6 nitrogen and oxygen atoms in total. The standard InChI is InChI=1S/C14H17N3O3/c1-15-13(18)12-9-17(16-14(12)20-3)8-10-4-6-11(19-2)7-5-10/h4-7,9H,8H2,1-3H3,(H,15,18). The number of amides is 1. The first-order valence-corrected chi connectivity index (χ1v) is 6.14. The van der Waals surface area contributed by atoms with Crippen LogP contribution in [0.1, 0.15) is 15.9 Å². The molecule has 0 saturated carbocycles. The number of hydrogen-bond donors (Lipinski definition) is 1. The molecule has 20 heavy (non-hydrogen) atoms. The number of nitrogens with zero attached hydrogens (tertiary/aromatic N) is 2. The van der Waals surface area contributed by atoms with Crippen LogP contribution in [0.25, 0.3) is 0 Å². The molecular weight excluding hydrogens is 258 g/mol. The van der Waals surface area contributed by atoms with Crippen molar-refractivity contribution in [3.05, 3.63) is 41.6 Å². The summed E-state index contributed by atoms with van der Waals surface area (Å²) in [6.07, 6.45) is 1.67. The van der Waals surface area contributed by atoms with Gasteiger partial charge in [-0.15, -0.1) is 5.10 Å². The normalized spacial score (nSPS) is 10.2. The summed E-state index contributed by atoms with van der Waals surface area (Å²) in [7, 11) is 4.69. The predicted octanol–water partition coefficient (Wildman–Crippen LogP) is 1.31. The molecule has 0 radical (unpaired) electrons. The van der Waals surface area contributed by atoms with Crippen LogP contribution in [-0.4, -0.2) is 37.0 Å². The minimum Gasteiger partial charge on any atom is -0.497 e. The lowest BCUT2D eigenvalue weighted by molar-refractivity contribution is 0.0960. The summed E-state index contributed by atoms with van der Waals surface area (Å²) in [6, 6.07) is 7.67. The number of ether oxygens (including phenoxy) is 2. The monoisotopic (exact) mass is 275 g/mol. The van der Waals surface area contributed by atoms with Gasteiger partial charge in [-0.2, -0.15) is 0 Å². The zero-order chi connectivity index (χ0) is 14.5. The summed E-state index contributed by atoms with van der Waals surface area (Å²) >= 11 is 0.